The Hall–Kier alpha value is -0.450. The lowest BCUT2D eigenvalue weighted by atomic mass is 10.2. The van der Waals surface area contributed by atoms with E-state index in [1.54, 1.807) is 0 Å². The molecule has 17 heavy (non-hydrogen) atoms. The van der Waals surface area contributed by atoms with Crippen LogP contribution < -0.4 is 5.32 Å². The van der Waals surface area contributed by atoms with Crippen LogP contribution in [0.5, 0.6) is 0 Å². The molecule has 0 bridgehead atoms. The highest BCUT2D eigenvalue weighted by Crippen LogP contribution is 2.15. The van der Waals surface area contributed by atoms with E-state index in [2.05, 4.69) is 15.2 Å². The van der Waals surface area contributed by atoms with Gasteiger partial charge >= 0.3 is 0 Å². The zero-order valence-corrected chi connectivity index (χ0v) is 11.6. The first-order valence-corrected chi connectivity index (χ1v) is 7.50. The lowest BCUT2D eigenvalue weighted by molar-refractivity contribution is 0.288. The molecule has 0 spiro atoms. The van der Waals surface area contributed by atoms with Gasteiger partial charge in [0.1, 0.15) is 0 Å². The van der Waals surface area contributed by atoms with Gasteiger partial charge in [0.15, 0.2) is 0 Å². The van der Waals surface area contributed by atoms with Crippen LogP contribution in [0.25, 0.3) is 0 Å². The molecule has 96 valence electrons. The third-order valence-corrected chi connectivity index (χ3v) is 4.35. The van der Waals surface area contributed by atoms with Crippen molar-refractivity contribution >= 4 is 11.3 Å². The molecule has 1 N–H and O–H groups in total. The summed E-state index contributed by atoms with van der Waals surface area (Å²) in [6.45, 7) is 4.71. The van der Waals surface area contributed by atoms with Crippen LogP contribution in [0.2, 0.25) is 0 Å². The summed E-state index contributed by atoms with van der Waals surface area (Å²) < 4.78 is 0. The summed E-state index contributed by atoms with van der Waals surface area (Å²) >= 11 is 1.85. The number of hydrogen-bond donors (Lipinski definition) is 1. The van der Waals surface area contributed by atoms with Gasteiger partial charge in [-0.3, -0.25) is 0 Å². The van der Waals surface area contributed by atoms with Gasteiger partial charge < -0.3 is 10.2 Å². The van der Waals surface area contributed by atoms with Gasteiger partial charge in [-0.25, -0.2) is 4.98 Å². The molecule has 1 aromatic heterocycles. The van der Waals surface area contributed by atoms with E-state index in [9.17, 15) is 0 Å². The fourth-order valence-electron chi connectivity index (χ4n) is 2.33. The van der Waals surface area contributed by atoms with Crippen LogP contribution in [-0.2, 0) is 13.0 Å². The fourth-order valence-corrected chi connectivity index (χ4v) is 3.26. The molecule has 0 saturated carbocycles. The SMILES string of the molecule is CNCc1cnc(CCN2CCCCCC2)s1. The average Bonchev–Trinajstić information content (AvgIpc) is 2.63. The molecule has 0 amide bonds. The smallest absolute Gasteiger partial charge is 0.0940 e. The molecule has 0 unspecified atom stereocenters. The van der Waals surface area contributed by atoms with E-state index >= 15 is 0 Å². The molecule has 0 aliphatic carbocycles. The van der Waals surface area contributed by atoms with Crippen molar-refractivity contribution in [3.05, 3.63) is 16.1 Å². The standard InChI is InChI=1S/C13H23N3S/c1-14-10-12-11-15-13(17-12)6-9-16-7-4-2-3-5-8-16/h11,14H,2-10H2,1H3. The van der Waals surface area contributed by atoms with Crippen LogP contribution in [0, 0.1) is 0 Å². The third kappa shape index (κ3) is 4.37. The average molecular weight is 253 g/mol. The molecule has 1 saturated heterocycles. The van der Waals surface area contributed by atoms with Gasteiger partial charge in [-0.15, -0.1) is 11.3 Å². The summed E-state index contributed by atoms with van der Waals surface area (Å²) in [5.74, 6) is 0. The Morgan fingerprint density at radius 1 is 1.29 bits per heavy atom. The first kappa shape index (κ1) is 13.0. The van der Waals surface area contributed by atoms with Crippen LogP contribution in [0.15, 0.2) is 6.20 Å². The maximum Gasteiger partial charge on any atom is 0.0940 e. The molecule has 1 aliphatic heterocycles. The molecule has 1 aromatic rings. The number of thiazole rings is 1. The summed E-state index contributed by atoms with van der Waals surface area (Å²) in [4.78, 5) is 8.44. The predicted molar refractivity (Wildman–Crippen MR) is 73.5 cm³/mol. The Balaban J connectivity index is 1.75. The number of aromatic nitrogens is 1. The Kier molecular flexibility index (Phi) is 5.42. The highest BCUT2D eigenvalue weighted by molar-refractivity contribution is 7.11. The second-order valence-electron chi connectivity index (χ2n) is 4.76. The van der Waals surface area contributed by atoms with Crippen LogP contribution in [0.1, 0.15) is 35.6 Å². The first-order valence-electron chi connectivity index (χ1n) is 6.69. The number of nitrogens with zero attached hydrogens (tertiary/aromatic N) is 2. The minimum Gasteiger partial charge on any atom is -0.315 e. The summed E-state index contributed by atoms with van der Waals surface area (Å²) in [5, 5.41) is 4.46. The van der Waals surface area contributed by atoms with Crippen molar-refractivity contribution < 1.29 is 0 Å². The topological polar surface area (TPSA) is 28.2 Å². The van der Waals surface area contributed by atoms with Crippen molar-refractivity contribution in [2.45, 2.75) is 38.6 Å². The van der Waals surface area contributed by atoms with Gasteiger partial charge in [-0.05, 0) is 33.0 Å². The van der Waals surface area contributed by atoms with Crippen molar-refractivity contribution in [1.82, 2.24) is 15.2 Å². The van der Waals surface area contributed by atoms with E-state index in [-0.39, 0.29) is 0 Å². The van der Waals surface area contributed by atoms with E-state index in [0.29, 0.717) is 0 Å². The van der Waals surface area contributed by atoms with Crippen LogP contribution in [0.4, 0.5) is 0 Å². The van der Waals surface area contributed by atoms with Crippen molar-refractivity contribution in [3.63, 3.8) is 0 Å². The number of nitrogens with one attached hydrogen (secondary N) is 1. The molecular weight excluding hydrogens is 230 g/mol. The molecule has 0 atom stereocenters. The summed E-state index contributed by atoms with van der Waals surface area (Å²) in [6, 6.07) is 0. The number of rotatable bonds is 5. The molecule has 2 rings (SSSR count). The second-order valence-corrected chi connectivity index (χ2v) is 5.96. The van der Waals surface area contributed by atoms with E-state index in [1.807, 2.05) is 24.6 Å². The number of likely N-dealkylation sites (tertiary alicyclic amines) is 1. The van der Waals surface area contributed by atoms with Crippen LogP contribution in [0.3, 0.4) is 0 Å². The predicted octanol–water partition coefficient (Wildman–Crippen LogP) is 2.28. The first-order chi connectivity index (χ1) is 8.38. The maximum absolute atomic E-state index is 4.49. The quantitative estimate of drug-likeness (QED) is 0.872. The lowest BCUT2D eigenvalue weighted by Gasteiger charge is -2.18. The van der Waals surface area contributed by atoms with E-state index in [4.69, 9.17) is 0 Å². The molecule has 4 heteroatoms. The molecule has 0 radical (unpaired) electrons. The zero-order chi connectivity index (χ0) is 11.9. The van der Waals surface area contributed by atoms with Gasteiger partial charge in [-0.1, -0.05) is 12.8 Å². The van der Waals surface area contributed by atoms with Crippen molar-refractivity contribution in [2.24, 2.45) is 0 Å². The van der Waals surface area contributed by atoms with E-state index in [1.165, 1.54) is 55.2 Å². The number of hydrogen-bond acceptors (Lipinski definition) is 4. The van der Waals surface area contributed by atoms with Gasteiger partial charge in [0, 0.05) is 30.6 Å². The summed E-state index contributed by atoms with van der Waals surface area (Å²) in [7, 11) is 1.98. The minimum atomic E-state index is 0.946. The van der Waals surface area contributed by atoms with Crippen molar-refractivity contribution in [2.75, 3.05) is 26.7 Å². The van der Waals surface area contributed by atoms with Crippen molar-refractivity contribution in [1.29, 1.82) is 0 Å². The van der Waals surface area contributed by atoms with Crippen LogP contribution >= 0.6 is 11.3 Å². The highest BCUT2D eigenvalue weighted by Gasteiger charge is 2.09. The molecule has 0 aromatic carbocycles. The Bertz CT molecular complexity index is 316. The molecule has 2 heterocycles. The zero-order valence-electron chi connectivity index (χ0n) is 10.7. The van der Waals surface area contributed by atoms with Gasteiger partial charge in [0.2, 0.25) is 0 Å². The highest BCUT2D eigenvalue weighted by atomic mass is 32.1. The fraction of sp³-hybridized carbons (Fsp3) is 0.769. The minimum absolute atomic E-state index is 0.946. The van der Waals surface area contributed by atoms with Gasteiger partial charge in [-0.2, -0.15) is 0 Å². The second kappa shape index (κ2) is 7.09. The van der Waals surface area contributed by atoms with Gasteiger partial charge in [0.25, 0.3) is 0 Å². The summed E-state index contributed by atoms with van der Waals surface area (Å²) in [6.07, 6.45) is 8.72. The Labute approximate surface area is 108 Å². The lowest BCUT2D eigenvalue weighted by Crippen LogP contribution is -2.26. The summed E-state index contributed by atoms with van der Waals surface area (Å²) in [5.41, 5.74) is 0. The van der Waals surface area contributed by atoms with E-state index < -0.39 is 0 Å². The molecule has 1 fully saturated rings. The Morgan fingerprint density at radius 2 is 2.06 bits per heavy atom. The maximum atomic E-state index is 4.49. The normalized spacial score (nSPS) is 18.2. The van der Waals surface area contributed by atoms with E-state index in [0.717, 1.165) is 13.0 Å². The molecule has 1 aliphatic rings. The van der Waals surface area contributed by atoms with Gasteiger partial charge in [0.05, 0.1) is 5.01 Å². The largest absolute Gasteiger partial charge is 0.315 e. The molecular formula is C13H23N3S. The third-order valence-electron chi connectivity index (χ3n) is 3.29. The molecule has 3 nitrogen and oxygen atoms in total. The Morgan fingerprint density at radius 3 is 2.76 bits per heavy atom. The van der Waals surface area contributed by atoms with Crippen LogP contribution in [-0.4, -0.2) is 36.6 Å². The van der Waals surface area contributed by atoms with Crippen molar-refractivity contribution in [3.8, 4) is 0 Å². The monoisotopic (exact) mass is 253 g/mol.